The first-order valence-electron chi connectivity index (χ1n) is 7.35. The number of carboxylic acid groups (broad SMARTS) is 1. The van der Waals surface area contributed by atoms with Crippen LogP contribution in [-0.4, -0.2) is 24.2 Å². The van der Waals surface area contributed by atoms with Gasteiger partial charge in [-0.3, -0.25) is 4.79 Å². The maximum atomic E-state index is 11.8. The van der Waals surface area contributed by atoms with Crippen molar-refractivity contribution in [2.75, 3.05) is 11.9 Å². The summed E-state index contributed by atoms with van der Waals surface area (Å²) in [4.78, 5) is 14.1. The quantitative estimate of drug-likeness (QED) is 0.853. The highest BCUT2D eigenvalue weighted by Gasteiger charge is 2.44. The second kappa shape index (κ2) is 5.28. The molecule has 0 spiro atoms. The Morgan fingerprint density at radius 1 is 1.30 bits per heavy atom. The largest absolute Gasteiger partial charge is 0.481 e. The molecular weight excluding hydrogens is 274 g/mol. The smallest absolute Gasteiger partial charge is 0.311 e. The molecule has 0 radical (unpaired) electrons. The molecule has 4 heteroatoms. The molecule has 108 valence electrons. The van der Waals surface area contributed by atoms with E-state index in [4.69, 9.17) is 11.6 Å². The van der Waals surface area contributed by atoms with Crippen LogP contribution in [0.4, 0.5) is 5.69 Å². The zero-order chi connectivity index (χ0) is 14.3. The zero-order valence-electron chi connectivity index (χ0n) is 11.7. The van der Waals surface area contributed by atoms with Gasteiger partial charge in [-0.2, -0.15) is 0 Å². The van der Waals surface area contributed by atoms with E-state index in [0.717, 1.165) is 30.5 Å². The molecule has 0 saturated heterocycles. The number of halogens is 1. The summed E-state index contributed by atoms with van der Waals surface area (Å²) in [5, 5.41) is 10.4. The summed E-state index contributed by atoms with van der Waals surface area (Å²) in [5.41, 5.74) is 1.81. The van der Waals surface area contributed by atoms with Crippen molar-refractivity contribution in [2.24, 2.45) is 5.92 Å². The fourth-order valence-electron chi connectivity index (χ4n) is 4.05. The van der Waals surface area contributed by atoms with E-state index in [1.807, 2.05) is 18.2 Å². The van der Waals surface area contributed by atoms with Crippen LogP contribution in [0.2, 0.25) is 5.02 Å². The highest BCUT2D eigenvalue weighted by Crippen LogP contribution is 2.48. The van der Waals surface area contributed by atoms with Gasteiger partial charge >= 0.3 is 5.97 Å². The minimum Gasteiger partial charge on any atom is -0.481 e. The average Bonchev–Trinajstić information content (AvgIpc) is 2.64. The predicted octanol–water partition coefficient (Wildman–Crippen LogP) is 3.91. The molecule has 3 nitrogen and oxygen atoms in total. The van der Waals surface area contributed by atoms with Crippen LogP contribution in [0.25, 0.3) is 0 Å². The lowest BCUT2D eigenvalue weighted by Gasteiger charge is -2.44. The minimum absolute atomic E-state index is 0.200. The Kier molecular flexibility index (Phi) is 3.63. The second-order valence-corrected chi connectivity index (χ2v) is 6.38. The van der Waals surface area contributed by atoms with Crippen LogP contribution in [-0.2, 0) is 4.79 Å². The Hall–Kier alpha value is -1.22. The van der Waals surface area contributed by atoms with E-state index < -0.39 is 11.9 Å². The number of carbonyl (C=O) groups is 1. The van der Waals surface area contributed by atoms with Gasteiger partial charge in [0.2, 0.25) is 0 Å². The summed E-state index contributed by atoms with van der Waals surface area (Å²) in [6.45, 7) is 0. The highest BCUT2D eigenvalue weighted by atomic mass is 35.5. The molecule has 2 aliphatic rings. The highest BCUT2D eigenvalue weighted by molar-refractivity contribution is 6.33. The van der Waals surface area contributed by atoms with Crippen LogP contribution in [0.1, 0.15) is 43.6 Å². The molecule has 3 unspecified atom stereocenters. The van der Waals surface area contributed by atoms with Gasteiger partial charge in [-0.25, -0.2) is 0 Å². The Morgan fingerprint density at radius 2 is 2.05 bits per heavy atom. The Bertz CT molecular complexity index is 531. The molecule has 1 N–H and O–H groups in total. The Labute approximate surface area is 124 Å². The van der Waals surface area contributed by atoms with E-state index in [9.17, 15) is 9.90 Å². The van der Waals surface area contributed by atoms with Crippen molar-refractivity contribution in [1.29, 1.82) is 0 Å². The first-order chi connectivity index (χ1) is 9.61. The number of anilines is 1. The third-order valence-corrected chi connectivity index (χ3v) is 5.23. The van der Waals surface area contributed by atoms with E-state index in [2.05, 4.69) is 11.9 Å². The maximum Gasteiger partial charge on any atom is 0.311 e. The molecular formula is C16H20ClNO2. The fraction of sp³-hybridized carbons (Fsp3) is 0.562. The number of fused-ring (bicyclic) bond motifs is 2. The number of para-hydroxylation sites is 1. The molecule has 1 heterocycles. The molecule has 0 bridgehead atoms. The lowest BCUT2D eigenvalue weighted by molar-refractivity contribution is -0.140. The van der Waals surface area contributed by atoms with Gasteiger partial charge in [-0.1, -0.05) is 43.0 Å². The van der Waals surface area contributed by atoms with E-state index in [0.29, 0.717) is 11.1 Å². The summed E-state index contributed by atoms with van der Waals surface area (Å²) in [7, 11) is 2.06. The number of nitrogens with zero attached hydrogens (tertiary/aromatic N) is 1. The standard InChI is InChI=1S/C16H20ClNO2/c1-18-13-9-4-2-3-6-10(13)14(16(19)20)11-7-5-8-12(17)15(11)18/h5,7-8,10,13-14H,2-4,6,9H2,1H3,(H,19,20). The van der Waals surface area contributed by atoms with Crippen LogP contribution < -0.4 is 4.90 Å². The minimum atomic E-state index is -0.710. The first kappa shape index (κ1) is 13.7. The van der Waals surface area contributed by atoms with Crippen LogP contribution in [0, 0.1) is 5.92 Å². The summed E-state index contributed by atoms with van der Waals surface area (Å²) in [6.07, 6.45) is 5.58. The second-order valence-electron chi connectivity index (χ2n) is 5.97. The molecule has 3 rings (SSSR count). The predicted molar refractivity (Wildman–Crippen MR) is 80.6 cm³/mol. The maximum absolute atomic E-state index is 11.8. The van der Waals surface area contributed by atoms with E-state index in [1.165, 1.54) is 12.8 Å². The number of aliphatic carboxylic acids is 1. The van der Waals surface area contributed by atoms with Gasteiger partial charge in [0, 0.05) is 13.1 Å². The van der Waals surface area contributed by atoms with Crippen LogP contribution in [0.3, 0.4) is 0 Å². The lowest BCUT2D eigenvalue weighted by Crippen LogP contribution is -2.46. The van der Waals surface area contributed by atoms with E-state index in [1.54, 1.807) is 0 Å². The lowest BCUT2D eigenvalue weighted by atomic mass is 9.74. The molecule has 3 atom stereocenters. The molecule has 20 heavy (non-hydrogen) atoms. The fourth-order valence-corrected chi connectivity index (χ4v) is 4.37. The number of carboxylic acids is 1. The molecule has 0 aromatic heterocycles. The Balaban J connectivity index is 2.14. The first-order valence-corrected chi connectivity index (χ1v) is 7.73. The SMILES string of the molecule is CN1c2c(Cl)cccc2C(C(=O)O)C2CCCCCC21. The van der Waals surface area contributed by atoms with Crippen LogP contribution >= 0.6 is 11.6 Å². The topological polar surface area (TPSA) is 40.5 Å². The Morgan fingerprint density at radius 3 is 2.80 bits per heavy atom. The molecule has 1 aliphatic heterocycles. The van der Waals surface area contributed by atoms with Crippen LogP contribution in [0.15, 0.2) is 18.2 Å². The summed E-state index contributed by atoms with van der Waals surface area (Å²) >= 11 is 6.34. The van der Waals surface area contributed by atoms with Crippen molar-refractivity contribution in [3.63, 3.8) is 0 Å². The normalized spacial score (nSPS) is 29.3. The number of hydrogen-bond acceptors (Lipinski definition) is 2. The van der Waals surface area contributed by atoms with E-state index in [-0.39, 0.29) is 5.92 Å². The van der Waals surface area contributed by atoms with Gasteiger partial charge in [0.25, 0.3) is 0 Å². The molecule has 1 aliphatic carbocycles. The number of benzene rings is 1. The van der Waals surface area contributed by atoms with Gasteiger partial charge < -0.3 is 10.0 Å². The van der Waals surface area contributed by atoms with Crippen LogP contribution in [0.5, 0.6) is 0 Å². The van der Waals surface area contributed by atoms with Gasteiger partial charge in [0.1, 0.15) is 0 Å². The summed E-state index contributed by atoms with van der Waals surface area (Å²) in [6, 6.07) is 5.94. The van der Waals surface area contributed by atoms with Crippen molar-refractivity contribution in [3.05, 3.63) is 28.8 Å². The van der Waals surface area contributed by atoms with Crippen molar-refractivity contribution in [1.82, 2.24) is 0 Å². The van der Waals surface area contributed by atoms with Gasteiger partial charge in [0.05, 0.1) is 16.6 Å². The summed E-state index contributed by atoms with van der Waals surface area (Å²) < 4.78 is 0. The molecule has 1 saturated carbocycles. The number of hydrogen-bond donors (Lipinski definition) is 1. The third kappa shape index (κ3) is 2.08. The third-order valence-electron chi connectivity index (χ3n) is 4.93. The molecule has 1 aromatic carbocycles. The van der Waals surface area contributed by atoms with Crippen molar-refractivity contribution in [2.45, 2.75) is 44.1 Å². The molecule has 1 aromatic rings. The van der Waals surface area contributed by atoms with Crippen molar-refractivity contribution >= 4 is 23.3 Å². The van der Waals surface area contributed by atoms with E-state index >= 15 is 0 Å². The number of rotatable bonds is 1. The molecule has 1 fully saturated rings. The van der Waals surface area contributed by atoms with Crippen molar-refractivity contribution < 1.29 is 9.90 Å². The van der Waals surface area contributed by atoms with Crippen molar-refractivity contribution in [3.8, 4) is 0 Å². The molecule has 0 amide bonds. The zero-order valence-corrected chi connectivity index (χ0v) is 12.4. The monoisotopic (exact) mass is 293 g/mol. The van der Waals surface area contributed by atoms with Gasteiger partial charge in [-0.15, -0.1) is 0 Å². The van der Waals surface area contributed by atoms with Gasteiger partial charge in [0.15, 0.2) is 0 Å². The summed E-state index contributed by atoms with van der Waals surface area (Å²) in [5.74, 6) is -0.924. The average molecular weight is 294 g/mol. The van der Waals surface area contributed by atoms with Gasteiger partial charge in [-0.05, 0) is 30.4 Å².